The molecule has 0 saturated carbocycles. The molecule has 0 bridgehead atoms. The van der Waals surface area contributed by atoms with E-state index in [0.29, 0.717) is 0 Å². The summed E-state index contributed by atoms with van der Waals surface area (Å²) in [6.45, 7) is 24.6. The number of pyridine rings is 2. The number of Topliss-reactive ketones (excluding diaryl/α,β-unsaturated/α-hetero) is 2. The van der Waals surface area contributed by atoms with Gasteiger partial charge in [-0.3, -0.25) is 9.59 Å². The van der Waals surface area contributed by atoms with Crippen LogP contribution in [0.2, 0.25) is 0 Å². The molecule has 0 amide bonds. The molecule has 70 heavy (non-hydrogen) atoms. The normalized spacial score (nSPS) is 12.1. The topological polar surface area (TPSA) is 59.9 Å². The predicted molar refractivity (Wildman–Crippen MR) is 293 cm³/mol. The van der Waals surface area contributed by atoms with E-state index >= 15 is 0 Å². The van der Waals surface area contributed by atoms with Gasteiger partial charge in [0.15, 0.2) is 0 Å². The van der Waals surface area contributed by atoms with Crippen molar-refractivity contribution >= 4 is 76.2 Å². The first-order chi connectivity index (χ1) is 32.6. The third kappa shape index (κ3) is 11.0. The molecule has 0 fully saturated rings. The molecule has 1 radical (unpaired) electrons. The Hall–Kier alpha value is -6.39. The maximum atomic E-state index is 11.5. The first kappa shape index (κ1) is 51.5. The van der Waals surface area contributed by atoms with Gasteiger partial charge in [-0.25, -0.2) is 0 Å². The molecule has 0 spiro atoms. The van der Waals surface area contributed by atoms with Crippen molar-refractivity contribution in [3.05, 3.63) is 181 Å². The minimum Gasteiger partial charge on any atom is -0.304 e. The van der Waals surface area contributed by atoms with Crippen molar-refractivity contribution in [1.82, 2.24) is 9.97 Å². The number of hydrogen-bond acceptors (Lipinski definition) is 4. The zero-order chi connectivity index (χ0) is 49.5. The molecule has 2 heterocycles. The van der Waals surface area contributed by atoms with Crippen molar-refractivity contribution in [2.24, 2.45) is 10.8 Å². The van der Waals surface area contributed by atoms with Crippen molar-refractivity contribution < 1.29 is 29.7 Å². The number of hydrogen-bond donors (Lipinski definition) is 0. The summed E-state index contributed by atoms with van der Waals surface area (Å²) in [5, 5.41) is 15.2. The number of nitrogens with zero attached hydrogens (tertiary/aromatic N) is 2. The SMILES string of the molecule is CC(C)(C)C(=O)CC(=O)C(C)(C)C.CC(C)(C)c1ccc2ccc3c4ccnc(-c5[c-]cccc5)c4ccc3c2c1.CC(C)(C)c1ccc2ccc3c4ccnc(-c5[c-]cccc5)c4ccc3c2c1.[Ir]. The number of carbonyl (C=O) groups excluding carboxylic acids is 2. The zero-order valence-electron chi connectivity index (χ0n) is 42.8. The van der Waals surface area contributed by atoms with Gasteiger partial charge in [0.1, 0.15) is 11.6 Å². The van der Waals surface area contributed by atoms with Crippen LogP contribution in [0.25, 0.3) is 87.1 Å². The fourth-order valence-corrected chi connectivity index (χ4v) is 8.72. The number of rotatable bonds is 4. The summed E-state index contributed by atoms with van der Waals surface area (Å²) in [6.07, 6.45) is 3.88. The van der Waals surface area contributed by atoms with E-state index in [4.69, 9.17) is 0 Å². The summed E-state index contributed by atoms with van der Waals surface area (Å²) >= 11 is 0. The van der Waals surface area contributed by atoms with E-state index in [-0.39, 0.29) is 48.9 Å². The summed E-state index contributed by atoms with van der Waals surface area (Å²) in [5.41, 5.74) is 6.23. The van der Waals surface area contributed by atoms with Gasteiger partial charge in [-0.15, -0.1) is 71.8 Å². The quantitative estimate of drug-likeness (QED) is 0.100. The van der Waals surface area contributed by atoms with Crippen LogP contribution in [0.15, 0.2) is 158 Å². The maximum Gasteiger partial charge on any atom is 0.145 e. The van der Waals surface area contributed by atoms with E-state index in [1.807, 2.05) is 90.3 Å². The van der Waals surface area contributed by atoms with Gasteiger partial charge in [-0.1, -0.05) is 168 Å². The van der Waals surface area contributed by atoms with Crippen LogP contribution in [-0.2, 0) is 40.5 Å². The van der Waals surface area contributed by atoms with Crippen LogP contribution in [0.1, 0.15) is 101 Å². The van der Waals surface area contributed by atoms with Crippen molar-refractivity contribution in [1.29, 1.82) is 0 Å². The summed E-state index contributed by atoms with van der Waals surface area (Å²) in [6, 6.07) is 58.6. The molecule has 0 unspecified atom stereocenters. The van der Waals surface area contributed by atoms with E-state index in [9.17, 15) is 9.59 Å². The zero-order valence-corrected chi connectivity index (χ0v) is 45.2. The molecule has 10 aromatic rings. The number of carbonyl (C=O) groups is 2. The van der Waals surface area contributed by atoms with Crippen LogP contribution in [-0.4, -0.2) is 21.5 Å². The molecule has 0 aliphatic rings. The van der Waals surface area contributed by atoms with E-state index in [1.165, 1.54) is 75.8 Å². The fraction of sp³-hybridized carbons (Fsp3) is 0.262. The summed E-state index contributed by atoms with van der Waals surface area (Å²) < 4.78 is 0. The predicted octanol–water partition coefficient (Wildman–Crippen LogP) is 17.2. The maximum absolute atomic E-state index is 11.5. The molecular weight excluding hydrogens is 1030 g/mol. The second-order valence-electron chi connectivity index (χ2n) is 22.4. The Morgan fingerprint density at radius 2 is 0.729 bits per heavy atom. The first-order valence-electron chi connectivity index (χ1n) is 24.1. The third-order valence-electron chi connectivity index (χ3n) is 13.2. The molecule has 5 heteroatoms. The Balaban J connectivity index is 0.000000165. The van der Waals surface area contributed by atoms with Gasteiger partial charge >= 0.3 is 0 Å². The molecule has 10 rings (SSSR count). The molecule has 0 saturated heterocycles. The number of fused-ring (bicyclic) bond motifs is 10. The monoisotopic (exact) mass is 1100 g/mol. The summed E-state index contributed by atoms with van der Waals surface area (Å²) in [4.78, 5) is 32.3. The number of ketones is 2. The van der Waals surface area contributed by atoms with Crippen LogP contribution in [0, 0.1) is 23.0 Å². The van der Waals surface area contributed by atoms with Gasteiger partial charge in [-0.2, -0.15) is 0 Å². The smallest absolute Gasteiger partial charge is 0.145 e. The van der Waals surface area contributed by atoms with E-state index in [2.05, 4.69) is 173 Å². The second kappa shape index (κ2) is 20.1. The molecule has 2 aromatic heterocycles. The molecule has 0 aliphatic heterocycles. The van der Waals surface area contributed by atoms with E-state index in [1.54, 1.807) is 0 Å². The molecule has 0 atom stereocenters. The van der Waals surface area contributed by atoms with Crippen molar-refractivity contribution in [2.45, 2.75) is 100 Å². The van der Waals surface area contributed by atoms with Crippen molar-refractivity contribution in [3.63, 3.8) is 0 Å². The van der Waals surface area contributed by atoms with Crippen molar-refractivity contribution in [3.8, 4) is 22.5 Å². The molecule has 0 aliphatic carbocycles. The minimum absolute atomic E-state index is 0. The van der Waals surface area contributed by atoms with Crippen LogP contribution >= 0.6 is 0 Å². The van der Waals surface area contributed by atoms with E-state index < -0.39 is 10.8 Å². The van der Waals surface area contributed by atoms with Crippen LogP contribution in [0.5, 0.6) is 0 Å². The average molecular weight is 1100 g/mol. The van der Waals surface area contributed by atoms with E-state index in [0.717, 1.165) is 22.5 Å². The summed E-state index contributed by atoms with van der Waals surface area (Å²) in [5.74, 6) is 0.0415. The van der Waals surface area contributed by atoms with Crippen LogP contribution in [0.3, 0.4) is 0 Å². The Morgan fingerprint density at radius 3 is 1.07 bits per heavy atom. The minimum atomic E-state index is -0.402. The molecule has 357 valence electrons. The van der Waals surface area contributed by atoms with Crippen molar-refractivity contribution in [2.75, 3.05) is 0 Å². The van der Waals surface area contributed by atoms with Gasteiger partial charge in [0, 0.05) is 43.3 Å². The fourth-order valence-electron chi connectivity index (χ4n) is 8.72. The van der Waals surface area contributed by atoms with Crippen LogP contribution in [0.4, 0.5) is 0 Å². The largest absolute Gasteiger partial charge is 0.304 e. The molecule has 0 N–H and O–H groups in total. The Bertz CT molecular complexity index is 3300. The Kier molecular flexibility index (Phi) is 14.8. The average Bonchev–Trinajstić information content (AvgIpc) is 3.32. The molecule has 8 aromatic carbocycles. The first-order valence-corrected chi connectivity index (χ1v) is 24.1. The number of aromatic nitrogens is 2. The molecular formula is C65H64IrN2O2-2. The molecule has 4 nitrogen and oxygen atoms in total. The summed E-state index contributed by atoms with van der Waals surface area (Å²) in [7, 11) is 0. The number of benzene rings is 8. The Morgan fingerprint density at radius 1 is 0.400 bits per heavy atom. The van der Waals surface area contributed by atoms with Crippen LogP contribution < -0.4 is 0 Å². The van der Waals surface area contributed by atoms with Gasteiger partial charge in [-0.05, 0) is 110 Å². The van der Waals surface area contributed by atoms with Gasteiger partial charge < -0.3 is 9.97 Å². The Labute approximate surface area is 428 Å². The van der Waals surface area contributed by atoms with Gasteiger partial charge in [0.2, 0.25) is 0 Å². The van der Waals surface area contributed by atoms with Gasteiger partial charge in [0.25, 0.3) is 0 Å². The standard InChI is InChI=1S/2C27H22N.C11H20O2.Ir/c2*1-27(2,3)20-11-9-18-10-12-21-22(25(18)17-20)13-14-24-23(21)15-16-28-26(24)19-7-5-4-6-8-19;1-10(2,3)8(12)7-9(13)11(4,5)6;/h2*4-7,9-17H,1-3H3;7H2,1-6H3;/q2*-1;;. The second-order valence-corrected chi connectivity index (χ2v) is 22.4. The van der Waals surface area contributed by atoms with Gasteiger partial charge in [0.05, 0.1) is 6.42 Å². The third-order valence-corrected chi connectivity index (χ3v) is 13.2.